The van der Waals surface area contributed by atoms with Crippen LogP contribution in [-0.2, 0) is 26.2 Å². The van der Waals surface area contributed by atoms with Crippen molar-refractivity contribution in [3.05, 3.63) is 87.4 Å². The SMILES string of the molecule is CCOc1ccc(N(CC(=O)N(Cc2c(Cl)cccc2Cl)[C@@H](C)C(=O)NCC(C)C)S(=O)(=O)c2ccc(Cl)cc2)cc1. The molecule has 0 aliphatic carbocycles. The molecular weight excluding hydrogens is 621 g/mol. The lowest BCUT2D eigenvalue weighted by Crippen LogP contribution is -2.51. The summed E-state index contributed by atoms with van der Waals surface area (Å²) in [7, 11) is -4.25. The van der Waals surface area contributed by atoms with Crippen LogP contribution in [0.2, 0.25) is 15.1 Å². The predicted octanol–water partition coefficient (Wildman–Crippen LogP) is 6.43. The number of ether oxygens (including phenoxy) is 1. The molecular formula is C30H34Cl3N3O5S. The Kier molecular flexibility index (Phi) is 11.9. The number of carbonyl (C=O) groups is 2. The molecule has 42 heavy (non-hydrogen) atoms. The fourth-order valence-corrected chi connectivity index (χ4v) is 6.08. The van der Waals surface area contributed by atoms with Gasteiger partial charge in [-0.25, -0.2) is 8.42 Å². The van der Waals surface area contributed by atoms with Crippen molar-refractivity contribution in [2.75, 3.05) is 24.0 Å². The van der Waals surface area contributed by atoms with E-state index < -0.39 is 34.4 Å². The molecule has 0 aliphatic heterocycles. The van der Waals surface area contributed by atoms with Gasteiger partial charge in [-0.3, -0.25) is 13.9 Å². The fraction of sp³-hybridized carbons (Fsp3) is 0.333. The number of hydrogen-bond acceptors (Lipinski definition) is 5. The molecule has 0 bridgehead atoms. The summed E-state index contributed by atoms with van der Waals surface area (Å²) in [6.45, 7) is 7.42. The topological polar surface area (TPSA) is 96.0 Å². The first-order valence-electron chi connectivity index (χ1n) is 13.4. The molecule has 2 amide bonds. The van der Waals surface area contributed by atoms with Crippen LogP contribution in [0.4, 0.5) is 5.69 Å². The van der Waals surface area contributed by atoms with E-state index in [9.17, 15) is 18.0 Å². The smallest absolute Gasteiger partial charge is 0.264 e. The maximum Gasteiger partial charge on any atom is 0.264 e. The van der Waals surface area contributed by atoms with Crippen LogP contribution < -0.4 is 14.4 Å². The third-order valence-electron chi connectivity index (χ3n) is 6.36. The van der Waals surface area contributed by atoms with Gasteiger partial charge in [0.2, 0.25) is 11.8 Å². The van der Waals surface area contributed by atoms with Gasteiger partial charge in [0.1, 0.15) is 18.3 Å². The molecule has 0 fully saturated rings. The van der Waals surface area contributed by atoms with Gasteiger partial charge < -0.3 is 15.0 Å². The van der Waals surface area contributed by atoms with Crippen LogP contribution in [0.25, 0.3) is 0 Å². The zero-order valence-electron chi connectivity index (χ0n) is 23.8. The van der Waals surface area contributed by atoms with E-state index in [-0.39, 0.29) is 23.0 Å². The van der Waals surface area contributed by atoms with Crippen LogP contribution in [0.15, 0.2) is 71.6 Å². The number of sulfonamides is 1. The van der Waals surface area contributed by atoms with Crippen LogP contribution in [0, 0.1) is 5.92 Å². The van der Waals surface area contributed by atoms with E-state index in [2.05, 4.69) is 5.32 Å². The van der Waals surface area contributed by atoms with E-state index in [0.717, 1.165) is 4.31 Å². The number of carbonyl (C=O) groups excluding carboxylic acids is 2. The van der Waals surface area contributed by atoms with Crippen molar-refractivity contribution in [2.24, 2.45) is 5.92 Å². The van der Waals surface area contributed by atoms with Gasteiger partial charge >= 0.3 is 0 Å². The Hall–Kier alpha value is -2.98. The number of nitrogens with zero attached hydrogens (tertiary/aromatic N) is 2. The van der Waals surface area contributed by atoms with Crippen LogP contribution in [-0.4, -0.2) is 50.9 Å². The van der Waals surface area contributed by atoms with Crippen LogP contribution in [0.3, 0.4) is 0 Å². The van der Waals surface area contributed by atoms with Crippen molar-refractivity contribution in [1.29, 1.82) is 0 Å². The van der Waals surface area contributed by atoms with Crippen molar-refractivity contribution >= 4 is 62.3 Å². The summed E-state index contributed by atoms with van der Waals surface area (Å²) < 4.78 is 34.3. The van der Waals surface area contributed by atoms with Crippen LogP contribution in [0.5, 0.6) is 5.75 Å². The van der Waals surface area contributed by atoms with E-state index in [1.807, 2.05) is 20.8 Å². The summed E-state index contributed by atoms with van der Waals surface area (Å²) in [6.07, 6.45) is 0. The zero-order valence-corrected chi connectivity index (χ0v) is 26.9. The Morgan fingerprint density at radius 1 is 0.905 bits per heavy atom. The Balaban J connectivity index is 2.05. The number of hydrogen-bond donors (Lipinski definition) is 1. The van der Waals surface area contributed by atoms with Crippen molar-refractivity contribution in [3.8, 4) is 5.75 Å². The summed E-state index contributed by atoms with van der Waals surface area (Å²) in [4.78, 5) is 28.4. The third kappa shape index (κ3) is 8.53. The highest BCUT2D eigenvalue weighted by atomic mass is 35.5. The minimum Gasteiger partial charge on any atom is -0.494 e. The molecule has 1 atom stereocenters. The van der Waals surface area contributed by atoms with E-state index >= 15 is 0 Å². The summed E-state index contributed by atoms with van der Waals surface area (Å²) in [5.41, 5.74) is 0.667. The number of nitrogens with one attached hydrogen (secondary N) is 1. The molecule has 0 saturated carbocycles. The van der Waals surface area contributed by atoms with E-state index in [1.54, 1.807) is 49.4 Å². The normalized spacial score (nSPS) is 12.1. The Labute approximate surface area is 262 Å². The summed E-state index contributed by atoms with van der Waals surface area (Å²) in [6, 6.07) is 16.0. The summed E-state index contributed by atoms with van der Waals surface area (Å²) >= 11 is 18.8. The quantitative estimate of drug-likeness (QED) is 0.229. The number of halogens is 3. The molecule has 3 aromatic carbocycles. The van der Waals surface area contributed by atoms with E-state index in [0.29, 0.717) is 39.5 Å². The van der Waals surface area contributed by atoms with Crippen LogP contribution >= 0.6 is 34.8 Å². The maximum absolute atomic E-state index is 14.0. The number of benzene rings is 3. The Morgan fingerprint density at radius 2 is 1.50 bits per heavy atom. The van der Waals surface area contributed by atoms with E-state index in [4.69, 9.17) is 39.5 Å². The highest BCUT2D eigenvalue weighted by Gasteiger charge is 2.33. The monoisotopic (exact) mass is 653 g/mol. The molecule has 0 radical (unpaired) electrons. The molecule has 226 valence electrons. The molecule has 12 heteroatoms. The standard InChI is InChI=1S/C30H34Cl3N3O5S/c1-5-41-24-13-11-23(12-14-24)36(42(39,40)25-15-9-22(31)10-16-25)19-29(37)35(21(4)30(38)34-17-20(2)3)18-26-27(32)7-6-8-28(26)33/h6-16,20-21H,5,17-19H2,1-4H3,(H,34,38)/t21-/m0/s1. The van der Waals surface area contributed by atoms with Crippen molar-refractivity contribution in [3.63, 3.8) is 0 Å². The molecule has 1 N–H and O–H groups in total. The maximum atomic E-state index is 14.0. The molecule has 0 saturated heterocycles. The number of rotatable bonds is 13. The van der Waals surface area contributed by atoms with Gasteiger partial charge in [0.15, 0.2) is 0 Å². The molecule has 8 nitrogen and oxygen atoms in total. The first-order valence-corrected chi connectivity index (χ1v) is 15.9. The lowest BCUT2D eigenvalue weighted by Gasteiger charge is -2.32. The van der Waals surface area contributed by atoms with Gasteiger partial charge in [0, 0.05) is 33.7 Å². The molecule has 0 aliphatic rings. The third-order valence-corrected chi connectivity index (χ3v) is 9.11. The number of anilines is 1. The van der Waals surface area contributed by atoms with Crippen molar-refractivity contribution in [2.45, 2.75) is 45.2 Å². The van der Waals surface area contributed by atoms with Gasteiger partial charge in [0.25, 0.3) is 10.0 Å². The fourth-order valence-electron chi connectivity index (χ4n) is 4.03. The van der Waals surface area contributed by atoms with Crippen molar-refractivity contribution < 1.29 is 22.7 Å². The molecule has 0 heterocycles. The van der Waals surface area contributed by atoms with Gasteiger partial charge in [-0.1, -0.05) is 54.7 Å². The van der Waals surface area contributed by atoms with Gasteiger partial charge in [-0.2, -0.15) is 0 Å². The molecule has 3 aromatic rings. The van der Waals surface area contributed by atoms with Gasteiger partial charge in [-0.05, 0) is 80.4 Å². The minimum atomic E-state index is -4.25. The highest BCUT2D eigenvalue weighted by molar-refractivity contribution is 7.92. The lowest BCUT2D eigenvalue weighted by molar-refractivity contribution is -0.139. The molecule has 0 aromatic heterocycles. The second kappa shape index (κ2) is 15.0. The predicted molar refractivity (Wildman–Crippen MR) is 168 cm³/mol. The summed E-state index contributed by atoms with van der Waals surface area (Å²) in [5, 5.41) is 3.83. The largest absolute Gasteiger partial charge is 0.494 e. The second-order valence-corrected chi connectivity index (χ2v) is 13.0. The molecule has 0 unspecified atom stereocenters. The minimum absolute atomic E-state index is 0.0583. The van der Waals surface area contributed by atoms with Gasteiger partial charge in [0.05, 0.1) is 17.2 Å². The average molecular weight is 655 g/mol. The zero-order chi connectivity index (χ0) is 31.0. The molecule has 3 rings (SSSR count). The first-order chi connectivity index (χ1) is 19.8. The second-order valence-electron chi connectivity index (χ2n) is 9.93. The van der Waals surface area contributed by atoms with Crippen molar-refractivity contribution in [1.82, 2.24) is 10.2 Å². The Bertz CT molecular complexity index is 1460. The highest BCUT2D eigenvalue weighted by Crippen LogP contribution is 2.29. The molecule has 0 spiro atoms. The number of amides is 2. The van der Waals surface area contributed by atoms with E-state index in [1.165, 1.54) is 29.2 Å². The first kappa shape index (κ1) is 33.5. The summed E-state index contributed by atoms with van der Waals surface area (Å²) in [5.74, 6) is -0.303. The van der Waals surface area contributed by atoms with Crippen LogP contribution in [0.1, 0.15) is 33.3 Å². The average Bonchev–Trinajstić information content (AvgIpc) is 2.95. The van der Waals surface area contributed by atoms with Gasteiger partial charge in [-0.15, -0.1) is 0 Å². The Morgan fingerprint density at radius 3 is 2.05 bits per heavy atom. The lowest BCUT2D eigenvalue weighted by atomic mass is 10.1.